The van der Waals surface area contributed by atoms with Gasteiger partial charge in [0.05, 0.1) is 5.69 Å². The molecule has 1 rings (SSSR count). The fourth-order valence-corrected chi connectivity index (χ4v) is 2.17. The monoisotopic (exact) mass is 281 g/mol. The van der Waals surface area contributed by atoms with E-state index in [1.165, 1.54) is 63.5 Å². The van der Waals surface area contributed by atoms with Crippen molar-refractivity contribution in [2.75, 3.05) is 0 Å². The van der Waals surface area contributed by atoms with Gasteiger partial charge in [-0.1, -0.05) is 77.9 Å². The summed E-state index contributed by atoms with van der Waals surface area (Å²) in [5.74, 6) is 0. The van der Waals surface area contributed by atoms with Gasteiger partial charge >= 0.3 is 0 Å². The second-order valence-electron chi connectivity index (χ2n) is 5.20. The van der Waals surface area contributed by atoms with E-state index >= 15 is 0 Å². The molecule has 0 spiro atoms. The van der Waals surface area contributed by atoms with Gasteiger partial charge in [0.2, 0.25) is 0 Å². The smallest absolute Gasteiger partial charge is 0.0827 e. The molecule has 0 saturated carbocycles. The first-order valence-corrected chi connectivity index (χ1v) is 8.75. The molecule has 118 valence electrons. The highest BCUT2D eigenvalue weighted by molar-refractivity contribution is 4.92. The van der Waals surface area contributed by atoms with E-state index in [0.717, 1.165) is 13.0 Å². The van der Waals surface area contributed by atoms with E-state index in [4.69, 9.17) is 0 Å². The summed E-state index contributed by atoms with van der Waals surface area (Å²) >= 11 is 0. The zero-order valence-corrected chi connectivity index (χ0v) is 14.2. The van der Waals surface area contributed by atoms with Crippen LogP contribution in [0.3, 0.4) is 0 Å². The van der Waals surface area contributed by atoms with Crippen LogP contribution in [0.5, 0.6) is 0 Å². The predicted molar refractivity (Wildman–Crippen MR) is 88.0 cm³/mol. The standard InChI is InChI=1S/C15H29N3.C2H6/c1-3-5-7-9-10-12-15-14-18(17-16-15)13-11-8-6-4-2;1-2/h14H,3-13H2,1-2H3;1-2H3. The number of hydrogen-bond acceptors (Lipinski definition) is 2. The Morgan fingerprint density at radius 2 is 1.45 bits per heavy atom. The van der Waals surface area contributed by atoms with Crippen LogP contribution in [-0.2, 0) is 13.0 Å². The van der Waals surface area contributed by atoms with E-state index in [1.807, 2.05) is 18.5 Å². The Hall–Kier alpha value is -0.860. The van der Waals surface area contributed by atoms with Gasteiger partial charge in [-0.15, -0.1) is 5.10 Å². The minimum Gasteiger partial charge on any atom is -0.252 e. The zero-order chi connectivity index (χ0) is 15.1. The van der Waals surface area contributed by atoms with Crippen molar-refractivity contribution >= 4 is 0 Å². The number of rotatable bonds is 11. The summed E-state index contributed by atoms with van der Waals surface area (Å²) in [6, 6.07) is 0. The molecule has 0 aliphatic carbocycles. The van der Waals surface area contributed by atoms with E-state index in [9.17, 15) is 0 Å². The third kappa shape index (κ3) is 9.99. The van der Waals surface area contributed by atoms with Crippen LogP contribution in [0.15, 0.2) is 6.20 Å². The van der Waals surface area contributed by atoms with Gasteiger partial charge in [0.25, 0.3) is 0 Å². The molecular formula is C17H35N3. The lowest BCUT2D eigenvalue weighted by molar-refractivity contribution is 0.527. The van der Waals surface area contributed by atoms with Crippen molar-refractivity contribution in [3.05, 3.63) is 11.9 Å². The summed E-state index contributed by atoms with van der Waals surface area (Å²) in [5, 5.41) is 8.44. The Morgan fingerprint density at radius 1 is 0.850 bits per heavy atom. The van der Waals surface area contributed by atoms with Crippen LogP contribution in [-0.4, -0.2) is 15.0 Å². The first-order valence-electron chi connectivity index (χ1n) is 8.75. The van der Waals surface area contributed by atoms with Gasteiger partial charge in [-0.25, -0.2) is 0 Å². The van der Waals surface area contributed by atoms with Crippen LogP contribution in [0.2, 0.25) is 0 Å². The molecule has 0 unspecified atom stereocenters. The fraction of sp³-hybridized carbons (Fsp3) is 0.882. The van der Waals surface area contributed by atoms with E-state index < -0.39 is 0 Å². The number of unbranched alkanes of at least 4 members (excludes halogenated alkanes) is 7. The van der Waals surface area contributed by atoms with Crippen molar-refractivity contribution in [3.8, 4) is 0 Å². The van der Waals surface area contributed by atoms with Gasteiger partial charge in [-0.05, 0) is 19.3 Å². The molecule has 3 nitrogen and oxygen atoms in total. The van der Waals surface area contributed by atoms with Gasteiger partial charge in [-0.3, -0.25) is 4.68 Å². The molecule has 1 aromatic rings. The number of hydrogen-bond donors (Lipinski definition) is 0. The molecule has 1 aromatic heterocycles. The number of nitrogens with zero attached hydrogens (tertiary/aromatic N) is 3. The maximum atomic E-state index is 4.25. The Balaban J connectivity index is 0.00000172. The Morgan fingerprint density at radius 3 is 2.10 bits per heavy atom. The van der Waals surface area contributed by atoms with E-state index in [2.05, 4.69) is 30.4 Å². The van der Waals surface area contributed by atoms with Crippen molar-refractivity contribution < 1.29 is 0 Å². The highest BCUT2D eigenvalue weighted by Crippen LogP contribution is 2.07. The van der Waals surface area contributed by atoms with Crippen LogP contribution in [0.4, 0.5) is 0 Å². The second kappa shape index (κ2) is 14.5. The first kappa shape index (κ1) is 19.1. The molecule has 0 radical (unpaired) electrons. The lowest BCUT2D eigenvalue weighted by Crippen LogP contribution is -1.98. The molecule has 0 aliphatic rings. The molecular weight excluding hydrogens is 246 g/mol. The Labute approximate surface area is 126 Å². The molecule has 0 amide bonds. The van der Waals surface area contributed by atoms with Gasteiger partial charge < -0.3 is 0 Å². The van der Waals surface area contributed by atoms with Gasteiger partial charge in [0.15, 0.2) is 0 Å². The maximum absolute atomic E-state index is 4.25. The Kier molecular flexibility index (Phi) is 13.9. The van der Waals surface area contributed by atoms with Crippen molar-refractivity contribution in [2.24, 2.45) is 0 Å². The quantitative estimate of drug-likeness (QED) is 0.509. The zero-order valence-electron chi connectivity index (χ0n) is 14.2. The fourth-order valence-electron chi connectivity index (χ4n) is 2.17. The summed E-state index contributed by atoms with van der Waals surface area (Å²) in [5.41, 5.74) is 1.17. The van der Waals surface area contributed by atoms with E-state index in [-0.39, 0.29) is 0 Å². The van der Waals surface area contributed by atoms with Crippen LogP contribution in [0.1, 0.15) is 91.2 Å². The third-order valence-electron chi connectivity index (χ3n) is 3.36. The molecule has 20 heavy (non-hydrogen) atoms. The second-order valence-corrected chi connectivity index (χ2v) is 5.20. The normalized spacial score (nSPS) is 10.2. The minimum atomic E-state index is 1.03. The molecule has 1 heterocycles. The molecule has 0 N–H and O–H groups in total. The van der Waals surface area contributed by atoms with Crippen LogP contribution < -0.4 is 0 Å². The summed E-state index contributed by atoms with van der Waals surface area (Å²) in [6.45, 7) is 9.53. The topological polar surface area (TPSA) is 30.7 Å². The minimum absolute atomic E-state index is 1.03. The lowest BCUT2D eigenvalue weighted by atomic mass is 10.1. The van der Waals surface area contributed by atoms with Crippen molar-refractivity contribution in [1.82, 2.24) is 15.0 Å². The molecule has 0 atom stereocenters. The highest BCUT2D eigenvalue weighted by atomic mass is 15.4. The van der Waals surface area contributed by atoms with Gasteiger partial charge in [-0.2, -0.15) is 0 Å². The molecule has 0 bridgehead atoms. The average molecular weight is 281 g/mol. The predicted octanol–water partition coefficient (Wildman–Crippen LogP) is 5.40. The summed E-state index contributed by atoms with van der Waals surface area (Å²) < 4.78 is 2.01. The SMILES string of the molecule is CC.CCCCCCCc1cn(CCCCCC)nn1. The molecule has 3 heteroatoms. The van der Waals surface area contributed by atoms with Crippen molar-refractivity contribution in [2.45, 2.75) is 98.4 Å². The lowest BCUT2D eigenvalue weighted by Gasteiger charge is -1.99. The summed E-state index contributed by atoms with van der Waals surface area (Å²) in [4.78, 5) is 0. The first-order chi connectivity index (χ1) is 9.86. The summed E-state index contributed by atoms with van der Waals surface area (Å²) in [6.07, 6.45) is 15.0. The van der Waals surface area contributed by atoms with Crippen molar-refractivity contribution in [1.29, 1.82) is 0 Å². The summed E-state index contributed by atoms with van der Waals surface area (Å²) in [7, 11) is 0. The van der Waals surface area contributed by atoms with Crippen molar-refractivity contribution in [3.63, 3.8) is 0 Å². The van der Waals surface area contributed by atoms with Gasteiger partial charge in [0, 0.05) is 12.7 Å². The molecule has 0 aromatic carbocycles. The molecule has 0 aliphatic heterocycles. The van der Waals surface area contributed by atoms with E-state index in [1.54, 1.807) is 0 Å². The highest BCUT2D eigenvalue weighted by Gasteiger charge is 2.00. The average Bonchev–Trinajstić information content (AvgIpc) is 2.93. The van der Waals surface area contributed by atoms with Crippen LogP contribution >= 0.6 is 0 Å². The maximum Gasteiger partial charge on any atom is 0.0827 e. The third-order valence-corrected chi connectivity index (χ3v) is 3.36. The molecule has 0 fully saturated rings. The molecule has 0 saturated heterocycles. The van der Waals surface area contributed by atoms with E-state index in [0.29, 0.717) is 0 Å². The Bertz CT molecular complexity index is 294. The van der Waals surface area contributed by atoms with Gasteiger partial charge in [0.1, 0.15) is 0 Å². The number of aryl methyl sites for hydroxylation is 2. The van der Waals surface area contributed by atoms with Crippen LogP contribution in [0.25, 0.3) is 0 Å². The largest absolute Gasteiger partial charge is 0.252 e. The number of aromatic nitrogens is 3. The van der Waals surface area contributed by atoms with Crippen LogP contribution in [0, 0.1) is 0 Å².